The minimum atomic E-state index is 0.202. The Labute approximate surface area is 116 Å². The van der Waals surface area contributed by atoms with Crippen molar-refractivity contribution < 1.29 is 0 Å². The van der Waals surface area contributed by atoms with E-state index < -0.39 is 0 Å². The monoisotopic (exact) mass is 265 g/mol. The molecule has 1 aromatic heterocycles. The van der Waals surface area contributed by atoms with E-state index in [0.717, 1.165) is 37.8 Å². The number of aromatic amines is 1. The molecule has 0 aromatic carbocycles. The van der Waals surface area contributed by atoms with Crippen LogP contribution >= 0.6 is 0 Å². The maximum atomic E-state index is 5.90. The number of aromatic nitrogens is 3. The van der Waals surface area contributed by atoms with Crippen LogP contribution < -0.4 is 10.6 Å². The molecular weight excluding hydrogens is 238 g/mol. The van der Waals surface area contributed by atoms with Gasteiger partial charge in [-0.25, -0.2) is 0 Å². The first-order chi connectivity index (χ1) is 9.08. The Hall–Kier alpha value is -1.10. The summed E-state index contributed by atoms with van der Waals surface area (Å²) in [5.41, 5.74) is 6.10. The van der Waals surface area contributed by atoms with Crippen molar-refractivity contribution in [1.29, 1.82) is 0 Å². The number of hydrogen-bond donors (Lipinski definition) is 2. The average molecular weight is 265 g/mol. The quantitative estimate of drug-likeness (QED) is 0.857. The molecule has 5 nitrogen and oxygen atoms in total. The van der Waals surface area contributed by atoms with Crippen LogP contribution in [0.2, 0.25) is 0 Å². The molecule has 108 valence electrons. The standard InChI is InChI=1S/C14H27N5/c1-4-6-11(2)12-16-13(18-17-12)19-8-5-7-14(3,9-15)10-19/h11H,4-10,15H2,1-3H3,(H,16,17,18). The summed E-state index contributed by atoms with van der Waals surface area (Å²) >= 11 is 0. The van der Waals surface area contributed by atoms with E-state index in [-0.39, 0.29) is 5.41 Å². The van der Waals surface area contributed by atoms with Gasteiger partial charge in [-0.1, -0.05) is 27.2 Å². The molecule has 19 heavy (non-hydrogen) atoms. The molecule has 0 radical (unpaired) electrons. The Balaban J connectivity index is 2.06. The van der Waals surface area contributed by atoms with Crippen molar-refractivity contribution in [3.63, 3.8) is 0 Å². The molecular formula is C14H27N5. The zero-order valence-corrected chi connectivity index (χ0v) is 12.4. The Morgan fingerprint density at radius 3 is 3.00 bits per heavy atom. The summed E-state index contributed by atoms with van der Waals surface area (Å²) in [5.74, 6) is 2.31. The molecule has 2 unspecified atom stereocenters. The molecule has 1 saturated heterocycles. The number of piperidine rings is 1. The van der Waals surface area contributed by atoms with Crippen molar-refractivity contribution in [2.24, 2.45) is 11.1 Å². The zero-order valence-electron chi connectivity index (χ0n) is 12.4. The first kappa shape index (κ1) is 14.3. The van der Waals surface area contributed by atoms with Crippen molar-refractivity contribution in [3.8, 4) is 0 Å². The molecule has 0 saturated carbocycles. The summed E-state index contributed by atoms with van der Waals surface area (Å²) in [6, 6.07) is 0. The molecule has 0 aliphatic carbocycles. The summed E-state index contributed by atoms with van der Waals surface area (Å²) in [6.45, 7) is 9.39. The highest BCUT2D eigenvalue weighted by Crippen LogP contribution is 2.30. The van der Waals surface area contributed by atoms with Gasteiger partial charge in [0.25, 0.3) is 0 Å². The summed E-state index contributed by atoms with van der Waals surface area (Å²) in [4.78, 5) is 6.94. The number of rotatable bonds is 5. The van der Waals surface area contributed by atoms with Crippen LogP contribution in [0.4, 0.5) is 5.95 Å². The van der Waals surface area contributed by atoms with Gasteiger partial charge >= 0.3 is 0 Å². The highest BCUT2D eigenvalue weighted by molar-refractivity contribution is 5.30. The van der Waals surface area contributed by atoms with Crippen LogP contribution in [0.25, 0.3) is 0 Å². The second-order valence-corrected chi connectivity index (χ2v) is 6.25. The molecule has 2 atom stereocenters. The lowest BCUT2D eigenvalue weighted by atomic mass is 9.82. The van der Waals surface area contributed by atoms with E-state index >= 15 is 0 Å². The van der Waals surface area contributed by atoms with Crippen molar-refractivity contribution in [2.45, 2.75) is 52.4 Å². The van der Waals surface area contributed by atoms with E-state index in [1.165, 1.54) is 19.3 Å². The predicted octanol–water partition coefficient (Wildman–Crippen LogP) is 2.27. The minimum Gasteiger partial charge on any atom is -0.339 e. The number of nitrogens with two attached hydrogens (primary N) is 1. The van der Waals surface area contributed by atoms with Crippen LogP contribution in [0.5, 0.6) is 0 Å². The second kappa shape index (κ2) is 5.90. The van der Waals surface area contributed by atoms with Gasteiger partial charge in [0.1, 0.15) is 5.82 Å². The summed E-state index contributed by atoms with van der Waals surface area (Å²) in [7, 11) is 0. The van der Waals surface area contributed by atoms with Gasteiger partial charge in [-0.3, -0.25) is 5.10 Å². The summed E-state index contributed by atoms with van der Waals surface area (Å²) in [6.07, 6.45) is 4.69. The SMILES string of the molecule is CCCC(C)c1nc(N2CCCC(C)(CN)C2)n[nH]1. The van der Waals surface area contributed by atoms with Crippen molar-refractivity contribution in [2.75, 3.05) is 24.5 Å². The third-order valence-corrected chi connectivity index (χ3v) is 4.24. The van der Waals surface area contributed by atoms with E-state index in [9.17, 15) is 0 Å². The average Bonchev–Trinajstić information content (AvgIpc) is 2.89. The van der Waals surface area contributed by atoms with Gasteiger partial charge in [-0.15, -0.1) is 5.10 Å². The number of H-pyrrole nitrogens is 1. The fourth-order valence-corrected chi connectivity index (χ4v) is 2.85. The number of nitrogens with zero attached hydrogens (tertiary/aromatic N) is 3. The Morgan fingerprint density at radius 1 is 1.53 bits per heavy atom. The molecule has 2 rings (SSSR count). The number of nitrogens with one attached hydrogen (secondary N) is 1. The lowest BCUT2D eigenvalue weighted by molar-refractivity contribution is 0.270. The van der Waals surface area contributed by atoms with E-state index in [1.807, 2.05) is 0 Å². The third kappa shape index (κ3) is 3.26. The van der Waals surface area contributed by atoms with Gasteiger partial charge in [0.2, 0.25) is 5.95 Å². The second-order valence-electron chi connectivity index (χ2n) is 6.25. The van der Waals surface area contributed by atoms with Crippen LogP contribution in [0.3, 0.4) is 0 Å². The van der Waals surface area contributed by atoms with Crippen LogP contribution in [0, 0.1) is 5.41 Å². The Bertz CT molecular complexity index is 402. The lowest BCUT2D eigenvalue weighted by Gasteiger charge is -2.39. The highest BCUT2D eigenvalue weighted by atomic mass is 15.4. The van der Waals surface area contributed by atoms with Crippen LogP contribution in [0.15, 0.2) is 0 Å². The molecule has 2 heterocycles. The van der Waals surface area contributed by atoms with E-state index in [2.05, 4.69) is 40.9 Å². The van der Waals surface area contributed by atoms with E-state index in [1.54, 1.807) is 0 Å². The van der Waals surface area contributed by atoms with Gasteiger partial charge in [0.15, 0.2) is 0 Å². The molecule has 3 N–H and O–H groups in total. The van der Waals surface area contributed by atoms with Crippen molar-refractivity contribution in [3.05, 3.63) is 5.82 Å². The lowest BCUT2D eigenvalue weighted by Crippen LogP contribution is -2.46. The molecule has 5 heteroatoms. The van der Waals surface area contributed by atoms with Gasteiger partial charge in [-0.05, 0) is 31.2 Å². The molecule has 0 bridgehead atoms. The van der Waals surface area contributed by atoms with Crippen LogP contribution in [-0.4, -0.2) is 34.8 Å². The van der Waals surface area contributed by atoms with Gasteiger partial charge in [0, 0.05) is 19.0 Å². The van der Waals surface area contributed by atoms with E-state index in [0.29, 0.717) is 5.92 Å². The van der Waals surface area contributed by atoms with Gasteiger partial charge < -0.3 is 10.6 Å². The molecule has 0 amide bonds. The van der Waals surface area contributed by atoms with Crippen molar-refractivity contribution in [1.82, 2.24) is 15.2 Å². The Kier molecular flexibility index (Phi) is 4.45. The predicted molar refractivity (Wildman–Crippen MR) is 78.3 cm³/mol. The number of anilines is 1. The van der Waals surface area contributed by atoms with Crippen molar-refractivity contribution >= 4 is 5.95 Å². The molecule has 1 aliphatic heterocycles. The smallest absolute Gasteiger partial charge is 0.244 e. The summed E-state index contributed by atoms with van der Waals surface area (Å²) in [5, 5.41) is 7.49. The normalized spacial score (nSPS) is 25.6. The fourth-order valence-electron chi connectivity index (χ4n) is 2.85. The van der Waals surface area contributed by atoms with E-state index in [4.69, 9.17) is 5.73 Å². The number of hydrogen-bond acceptors (Lipinski definition) is 4. The topological polar surface area (TPSA) is 70.8 Å². The van der Waals surface area contributed by atoms with Crippen LogP contribution in [-0.2, 0) is 0 Å². The molecule has 0 spiro atoms. The largest absolute Gasteiger partial charge is 0.339 e. The molecule has 1 fully saturated rings. The van der Waals surface area contributed by atoms with Gasteiger partial charge in [0.05, 0.1) is 0 Å². The summed E-state index contributed by atoms with van der Waals surface area (Å²) < 4.78 is 0. The molecule has 1 aromatic rings. The fraction of sp³-hybridized carbons (Fsp3) is 0.857. The maximum Gasteiger partial charge on any atom is 0.244 e. The molecule has 1 aliphatic rings. The highest BCUT2D eigenvalue weighted by Gasteiger charge is 2.31. The zero-order chi connectivity index (χ0) is 13.9. The van der Waals surface area contributed by atoms with Gasteiger partial charge in [-0.2, -0.15) is 4.98 Å². The minimum absolute atomic E-state index is 0.202. The third-order valence-electron chi connectivity index (χ3n) is 4.24. The first-order valence-electron chi connectivity index (χ1n) is 7.45. The van der Waals surface area contributed by atoms with Crippen LogP contribution in [0.1, 0.15) is 58.2 Å². The Morgan fingerprint density at radius 2 is 2.32 bits per heavy atom. The first-order valence-corrected chi connectivity index (χ1v) is 7.45. The maximum absolute atomic E-state index is 5.90.